The predicted molar refractivity (Wildman–Crippen MR) is 149 cm³/mol. The minimum atomic E-state index is -0.297. The summed E-state index contributed by atoms with van der Waals surface area (Å²) in [5.74, 6) is 0.156. The molecule has 0 unspecified atom stereocenters. The summed E-state index contributed by atoms with van der Waals surface area (Å²) in [4.78, 5) is 32.3. The molecule has 0 fully saturated rings. The Bertz CT molecular complexity index is 1460. The van der Waals surface area contributed by atoms with E-state index in [2.05, 4.69) is 10.3 Å². The van der Waals surface area contributed by atoms with E-state index >= 15 is 0 Å². The van der Waals surface area contributed by atoms with Gasteiger partial charge in [0.1, 0.15) is 17.5 Å². The smallest absolute Gasteiger partial charge is 0.283 e. The first-order chi connectivity index (χ1) is 17.8. The van der Waals surface area contributed by atoms with Crippen LogP contribution in [0.3, 0.4) is 0 Å². The molecule has 0 atom stereocenters. The standard InChI is InChI=1S/C28H23ClN4O3S/c1-17-10-18(2)12-22(11-17)33-27(35)25(13-19-4-8-23(36-3)9-5-19)32-28(33)37-16-26(34)31-21-7-6-20(15-30)24(29)14-21/h4-14H,16H2,1-3H3,(H,31,34)/b25-13-. The van der Waals surface area contributed by atoms with Gasteiger partial charge in [0.15, 0.2) is 5.17 Å². The third-order valence-corrected chi connectivity index (χ3v) is 6.67. The van der Waals surface area contributed by atoms with Gasteiger partial charge in [0.25, 0.3) is 5.91 Å². The van der Waals surface area contributed by atoms with E-state index in [1.54, 1.807) is 25.3 Å². The van der Waals surface area contributed by atoms with Crippen LogP contribution in [0.1, 0.15) is 22.3 Å². The summed E-state index contributed by atoms with van der Waals surface area (Å²) >= 11 is 7.23. The summed E-state index contributed by atoms with van der Waals surface area (Å²) < 4.78 is 5.20. The average Bonchev–Trinajstić information content (AvgIpc) is 3.17. The number of thioether (sulfide) groups is 1. The molecule has 0 saturated heterocycles. The van der Waals surface area contributed by atoms with E-state index in [1.807, 2.05) is 62.4 Å². The zero-order valence-corrected chi connectivity index (χ0v) is 22.0. The fourth-order valence-corrected chi connectivity index (χ4v) is 4.80. The van der Waals surface area contributed by atoms with Gasteiger partial charge in [-0.3, -0.25) is 14.5 Å². The number of ether oxygens (including phenoxy) is 1. The highest BCUT2D eigenvalue weighted by Gasteiger charge is 2.32. The van der Waals surface area contributed by atoms with Gasteiger partial charge in [0.2, 0.25) is 5.91 Å². The molecule has 0 aliphatic carbocycles. The number of nitriles is 1. The van der Waals surface area contributed by atoms with Crippen LogP contribution in [-0.2, 0) is 9.59 Å². The Labute approximate surface area is 224 Å². The molecule has 1 aliphatic rings. The lowest BCUT2D eigenvalue weighted by Crippen LogP contribution is -2.31. The van der Waals surface area contributed by atoms with Crippen LogP contribution >= 0.6 is 23.4 Å². The minimum Gasteiger partial charge on any atom is -0.497 e. The average molecular weight is 531 g/mol. The number of amides is 2. The summed E-state index contributed by atoms with van der Waals surface area (Å²) in [7, 11) is 1.59. The molecule has 7 nitrogen and oxygen atoms in total. The number of nitrogens with zero attached hydrogens (tertiary/aromatic N) is 3. The quantitative estimate of drug-likeness (QED) is 0.397. The number of hydrogen-bond donors (Lipinski definition) is 1. The number of aliphatic imine (C=N–C) groups is 1. The van der Waals surface area contributed by atoms with Gasteiger partial charge in [-0.05, 0) is 79.1 Å². The van der Waals surface area contributed by atoms with Crippen molar-refractivity contribution in [1.82, 2.24) is 0 Å². The molecule has 4 rings (SSSR count). The van der Waals surface area contributed by atoms with Crippen LogP contribution in [0.4, 0.5) is 11.4 Å². The molecular weight excluding hydrogens is 508 g/mol. The monoisotopic (exact) mass is 530 g/mol. The van der Waals surface area contributed by atoms with Crippen LogP contribution < -0.4 is 15.0 Å². The third kappa shape index (κ3) is 6.20. The van der Waals surface area contributed by atoms with Crippen LogP contribution in [0.5, 0.6) is 5.75 Å². The molecule has 0 spiro atoms. The molecule has 1 aliphatic heterocycles. The molecule has 186 valence electrons. The maximum Gasteiger partial charge on any atom is 0.283 e. The number of carbonyl (C=O) groups excluding carboxylic acids is 2. The predicted octanol–water partition coefficient (Wildman–Crippen LogP) is 5.95. The van der Waals surface area contributed by atoms with Gasteiger partial charge in [-0.25, -0.2) is 4.99 Å². The number of nitrogens with one attached hydrogen (secondary N) is 1. The summed E-state index contributed by atoms with van der Waals surface area (Å²) in [6.45, 7) is 3.93. The van der Waals surface area contributed by atoms with Gasteiger partial charge in [-0.15, -0.1) is 0 Å². The van der Waals surface area contributed by atoms with Gasteiger partial charge < -0.3 is 10.1 Å². The number of hydrogen-bond acceptors (Lipinski definition) is 6. The summed E-state index contributed by atoms with van der Waals surface area (Å²) in [5, 5.41) is 12.5. The molecule has 3 aromatic rings. The topological polar surface area (TPSA) is 94.8 Å². The molecule has 37 heavy (non-hydrogen) atoms. The summed E-state index contributed by atoms with van der Waals surface area (Å²) in [6.07, 6.45) is 1.71. The highest BCUT2D eigenvalue weighted by atomic mass is 35.5. The lowest BCUT2D eigenvalue weighted by atomic mass is 10.1. The maximum atomic E-state index is 13.5. The Balaban J connectivity index is 1.58. The molecule has 0 bridgehead atoms. The molecule has 1 N–H and O–H groups in total. The van der Waals surface area contributed by atoms with Gasteiger partial charge in [-0.1, -0.05) is 41.6 Å². The molecule has 3 aromatic carbocycles. The van der Waals surface area contributed by atoms with E-state index in [0.717, 1.165) is 28.5 Å². The maximum absolute atomic E-state index is 13.5. The Morgan fingerprint density at radius 3 is 2.46 bits per heavy atom. The van der Waals surface area contributed by atoms with Crippen molar-refractivity contribution in [3.05, 3.63) is 93.6 Å². The number of amidine groups is 1. The van der Waals surface area contributed by atoms with Crippen molar-refractivity contribution in [2.24, 2.45) is 4.99 Å². The highest BCUT2D eigenvalue weighted by Crippen LogP contribution is 2.31. The van der Waals surface area contributed by atoms with Crippen LogP contribution in [0.2, 0.25) is 5.02 Å². The summed E-state index contributed by atoms with van der Waals surface area (Å²) in [5.41, 5.74) is 4.58. The van der Waals surface area contributed by atoms with Gasteiger partial charge in [-0.2, -0.15) is 5.26 Å². The second-order valence-corrected chi connectivity index (χ2v) is 9.68. The Hall–Kier alpha value is -4.06. The number of rotatable bonds is 6. The van der Waals surface area contributed by atoms with Crippen molar-refractivity contribution in [2.45, 2.75) is 13.8 Å². The fourth-order valence-electron chi connectivity index (χ4n) is 3.77. The molecule has 0 saturated carbocycles. The molecule has 9 heteroatoms. The largest absolute Gasteiger partial charge is 0.497 e. The van der Waals surface area contributed by atoms with E-state index in [-0.39, 0.29) is 28.3 Å². The number of methoxy groups -OCH3 is 1. The van der Waals surface area contributed by atoms with E-state index in [0.29, 0.717) is 27.9 Å². The zero-order valence-electron chi connectivity index (χ0n) is 20.4. The first kappa shape index (κ1) is 26.0. The molecule has 0 radical (unpaired) electrons. The van der Waals surface area contributed by atoms with Crippen molar-refractivity contribution in [2.75, 3.05) is 23.1 Å². The van der Waals surface area contributed by atoms with E-state index < -0.39 is 0 Å². The van der Waals surface area contributed by atoms with Crippen LogP contribution in [0, 0.1) is 25.2 Å². The van der Waals surface area contributed by atoms with E-state index in [4.69, 9.17) is 21.6 Å². The van der Waals surface area contributed by atoms with Crippen LogP contribution in [0.15, 0.2) is 71.4 Å². The summed E-state index contributed by atoms with van der Waals surface area (Å²) in [6, 6.07) is 19.8. The van der Waals surface area contributed by atoms with Gasteiger partial charge >= 0.3 is 0 Å². The van der Waals surface area contributed by atoms with Gasteiger partial charge in [0.05, 0.1) is 29.1 Å². The number of benzene rings is 3. The van der Waals surface area contributed by atoms with Crippen molar-refractivity contribution in [3.8, 4) is 11.8 Å². The van der Waals surface area contributed by atoms with E-state index in [9.17, 15) is 9.59 Å². The van der Waals surface area contributed by atoms with Crippen LogP contribution in [-0.4, -0.2) is 29.8 Å². The lowest BCUT2D eigenvalue weighted by Gasteiger charge is -2.19. The fraction of sp³-hybridized carbons (Fsp3) is 0.143. The first-order valence-electron chi connectivity index (χ1n) is 11.3. The number of aryl methyl sites for hydroxylation is 2. The van der Waals surface area contributed by atoms with Gasteiger partial charge in [0, 0.05) is 5.69 Å². The first-order valence-corrected chi connectivity index (χ1v) is 12.6. The minimum absolute atomic E-state index is 0.0147. The van der Waals surface area contributed by atoms with Crippen molar-refractivity contribution >= 4 is 57.8 Å². The molecule has 1 heterocycles. The molecular formula is C28H23ClN4O3S. The van der Waals surface area contributed by atoms with Crippen molar-refractivity contribution in [1.29, 1.82) is 5.26 Å². The molecule has 2 amide bonds. The highest BCUT2D eigenvalue weighted by molar-refractivity contribution is 8.14. The Morgan fingerprint density at radius 2 is 1.84 bits per heavy atom. The van der Waals surface area contributed by atoms with Crippen molar-refractivity contribution < 1.29 is 14.3 Å². The Kier molecular flexibility index (Phi) is 7.97. The Morgan fingerprint density at radius 1 is 1.14 bits per heavy atom. The van der Waals surface area contributed by atoms with E-state index in [1.165, 1.54) is 11.0 Å². The second kappa shape index (κ2) is 11.3. The normalized spacial score (nSPS) is 13.9. The van der Waals surface area contributed by atoms with Crippen molar-refractivity contribution in [3.63, 3.8) is 0 Å². The third-order valence-electron chi connectivity index (χ3n) is 5.42. The lowest BCUT2D eigenvalue weighted by molar-refractivity contribution is -0.114. The number of halogens is 1. The second-order valence-electron chi connectivity index (χ2n) is 8.33. The number of anilines is 2. The molecule has 0 aromatic heterocycles. The SMILES string of the molecule is COc1ccc(/C=C2\N=C(SCC(=O)Nc3ccc(C#N)c(Cl)c3)N(c3cc(C)cc(C)c3)C2=O)cc1. The zero-order chi connectivity index (χ0) is 26.5. The van der Waals surface area contributed by atoms with Crippen LogP contribution in [0.25, 0.3) is 6.08 Å². The number of carbonyl (C=O) groups is 2.